The van der Waals surface area contributed by atoms with Gasteiger partial charge in [0.05, 0.1) is 6.61 Å². The Bertz CT molecular complexity index is 342. The average molecular weight is 262 g/mol. The Kier molecular flexibility index (Phi) is 6.18. The first-order valence-electron chi connectivity index (χ1n) is 7.45. The summed E-state index contributed by atoms with van der Waals surface area (Å²) in [6.07, 6.45) is 5.14. The summed E-state index contributed by atoms with van der Waals surface area (Å²) in [6.45, 7) is 4.19. The number of nitrogens with zero attached hydrogens (tertiary/aromatic N) is 1. The highest BCUT2D eigenvalue weighted by Gasteiger charge is 2.17. The molecule has 0 saturated carbocycles. The first-order chi connectivity index (χ1) is 9.36. The predicted octanol–water partition coefficient (Wildman–Crippen LogP) is 2.53. The summed E-state index contributed by atoms with van der Waals surface area (Å²) < 4.78 is 5.67. The molecule has 1 aliphatic heterocycles. The SMILES string of the molecule is CN1CCCCC1CNCCCOc1ccccc1. The van der Waals surface area contributed by atoms with Crippen molar-refractivity contribution < 1.29 is 4.74 Å². The molecule has 19 heavy (non-hydrogen) atoms. The third-order valence-corrected chi connectivity index (χ3v) is 3.81. The van der Waals surface area contributed by atoms with Gasteiger partial charge in [0.25, 0.3) is 0 Å². The number of benzene rings is 1. The van der Waals surface area contributed by atoms with Crippen molar-refractivity contribution in [2.24, 2.45) is 0 Å². The largest absolute Gasteiger partial charge is 0.494 e. The van der Waals surface area contributed by atoms with Gasteiger partial charge in [0.1, 0.15) is 5.75 Å². The Hall–Kier alpha value is -1.06. The summed E-state index contributed by atoms with van der Waals surface area (Å²) >= 11 is 0. The lowest BCUT2D eigenvalue weighted by Crippen LogP contribution is -2.43. The number of rotatable bonds is 7. The fourth-order valence-corrected chi connectivity index (χ4v) is 2.57. The van der Waals surface area contributed by atoms with Crippen molar-refractivity contribution in [3.63, 3.8) is 0 Å². The van der Waals surface area contributed by atoms with Crippen LogP contribution >= 0.6 is 0 Å². The minimum atomic E-state index is 0.726. The van der Waals surface area contributed by atoms with E-state index in [0.29, 0.717) is 0 Å². The fraction of sp³-hybridized carbons (Fsp3) is 0.625. The van der Waals surface area contributed by atoms with Crippen molar-refractivity contribution in [1.82, 2.24) is 10.2 Å². The quantitative estimate of drug-likeness (QED) is 0.764. The van der Waals surface area contributed by atoms with Crippen molar-refractivity contribution in [2.75, 3.05) is 33.3 Å². The zero-order chi connectivity index (χ0) is 13.3. The molecule has 0 spiro atoms. The Balaban J connectivity index is 1.50. The van der Waals surface area contributed by atoms with Gasteiger partial charge < -0.3 is 15.0 Å². The molecule has 0 bridgehead atoms. The summed E-state index contributed by atoms with van der Waals surface area (Å²) in [6, 6.07) is 10.8. The van der Waals surface area contributed by atoms with Gasteiger partial charge in [0, 0.05) is 12.6 Å². The van der Waals surface area contributed by atoms with Crippen molar-refractivity contribution in [2.45, 2.75) is 31.7 Å². The molecular weight excluding hydrogens is 236 g/mol. The van der Waals surface area contributed by atoms with E-state index in [-0.39, 0.29) is 0 Å². The molecule has 3 heteroatoms. The van der Waals surface area contributed by atoms with E-state index in [9.17, 15) is 0 Å². The van der Waals surface area contributed by atoms with Gasteiger partial charge in [-0.1, -0.05) is 24.6 Å². The molecule has 0 radical (unpaired) electrons. The van der Waals surface area contributed by atoms with Crippen LogP contribution in [0.25, 0.3) is 0 Å². The summed E-state index contributed by atoms with van der Waals surface area (Å²) in [5.41, 5.74) is 0. The number of nitrogens with one attached hydrogen (secondary N) is 1. The first-order valence-corrected chi connectivity index (χ1v) is 7.45. The van der Waals surface area contributed by atoms with Crippen LogP contribution in [0.15, 0.2) is 30.3 Å². The number of piperidine rings is 1. The van der Waals surface area contributed by atoms with Gasteiger partial charge in [-0.2, -0.15) is 0 Å². The maximum absolute atomic E-state index is 5.67. The molecule has 1 heterocycles. The van der Waals surface area contributed by atoms with Crippen LogP contribution in [-0.4, -0.2) is 44.2 Å². The van der Waals surface area contributed by atoms with Crippen LogP contribution < -0.4 is 10.1 Å². The maximum Gasteiger partial charge on any atom is 0.119 e. The Labute approximate surface area is 116 Å². The zero-order valence-corrected chi connectivity index (χ0v) is 12.0. The lowest BCUT2D eigenvalue weighted by atomic mass is 10.0. The molecule has 106 valence electrons. The first kappa shape index (κ1) is 14.4. The van der Waals surface area contributed by atoms with Gasteiger partial charge in [-0.3, -0.25) is 0 Å². The molecule has 2 rings (SSSR count). The monoisotopic (exact) mass is 262 g/mol. The van der Waals surface area contributed by atoms with Gasteiger partial charge in [-0.05, 0) is 51.5 Å². The molecule has 1 atom stereocenters. The van der Waals surface area contributed by atoms with Gasteiger partial charge in [0.15, 0.2) is 0 Å². The van der Waals surface area contributed by atoms with Crippen LogP contribution in [0.4, 0.5) is 0 Å². The molecule has 1 saturated heterocycles. The normalized spacial score (nSPS) is 20.4. The maximum atomic E-state index is 5.67. The van der Waals surface area contributed by atoms with Crippen LogP contribution in [-0.2, 0) is 0 Å². The zero-order valence-electron chi connectivity index (χ0n) is 12.0. The minimum absolute atomic E-state index is 0.726. The lowest BCUT2D eigenvalue weighted by molar-refractivity contribution is 0.181. The van der Waals surface area contributed by atoms with Gasteiger partial charge in [0.2, 0.25) is 0 Å². The fourth-order valence-electron chi connectivity index (χ4n) is 2.57. The van der Waals surface area contributed by atoms with Gasteiger partial charge in [-0.25, -0.2) is 0 Å². The molecule has 3 nitrogen and oxygen atoms in total. The third kappa shape index (κ3) is 5.21. The lowest BCUT2D eigenvalue weighted by Gasteiger charge is -2.32. The molecule has 1 fully saturated rings. The standard InChI is InChI=1S/C16H26N2O/c1-18-12-6-5-8-15(18)14-17-11-7-13-19-16-9-3-2-4-10-16/h2-4,9-10,15,17H,5-8,11-14H2,1H3. The Morgan fingerprint density at radius 3 is 2.89 bits per heavy atom. The van der Waals surface area contributed by atoms with Crippen LogP contribution in [0.2, 0.25) is 0 Å². The molecule has 1 N–H and O–H groups in total. The van der Waals surface area contributed by atoms with Gasteiger partial charge >= 0.3 is 0 Å². The summed E-state index contributed by atoms with van der Waals surface area (Å²) in [5.74, 6) is 0.967. The Morgan fingerprint density at radius 2 is 2.11 bits per heavy atom. The summed E-state index contributed by atoms with van der Waals surface area (Å²) in [7, 11) is 2.24. The van der Waals surface area contributed by atoms with E-state index in [4.69, 9.17) is 4.74 Å². The number of likely N-dealkylation sites (N-methyl/N-ethyl adjacent to an activating group) is 1. The van der Waals surface area contributed by atoms with E-state index in [1.807, 2.05) is 30.3 Å². The second-order valence-corrected chi connectivity index (χ2v) is 5.35. The summed E-state index contributed by atoms with van der Waals surface area (Å²) in [5, 5.41) is 3.55. The van der Waals surface area contributed by atoms with Crippen molar-refractivity contribution in [3.05, 3.63) is 30.3 Å². The van der Waals surface area contributed by atoms with E-state index in [0.717, 1.165) is 37.9 Å². The van der Waals surface area contributed by atoms with Crippen molar-refractivity contribution >= 4 is 0 Å². The van der Waals surface area contributed by atoms with Crippen LogP contribution in [0.1, 0.15) is 25.7 Å². The number of ether oxygens (including phenoxy) is 1. The van der Waals surface area contributed by atoms with E-state index in [1.165, 1.54) is 25.8 Å². The highest BCUT2D eigenvalue weighted by molar-refractivity contribution is 5.20. The van der Waals surface area contributed by atoms with Crippen LogP contribution in [0.3, 0.4) is 0 Å². The molecule has 1 aromatic rings. The molecule has 0 aliphatic carbocycles. The van der Waals surface area contributed by atoms with Crippen LogP contribution in [0.5, 0.6) is 5.75 Å². The highest BCUT2D eigenvalue weighted by Crippen LogP contribution is 2.13. The second-order valence-electron chi connectivity index (χ2n) is 5.35. The minimum Gasteiger partial charge on any atom is -0.494 e. The molecular formula is C16H26N2O. The Morgan fingerprint density at radius 1 is 1.26 bits per heavy atom. The number of hydrogen-bond acceptors (Lipinski definition) is 3. The molecule has 0 amide bonds. The predicted molar refractivity (Wildman–Crippen MR) is 79.7 cm³/mol. The molecule has 1 unspecified atom stereocenters. The van der Waals surface area contributed by atoms with E-state index in [1.54, 1.807) is 0 Å². The highest BCUT2D eigenvalue weighted by atomic mass is 16.5. The number of para-hydroxylation sites is 1. The van der Waals surface area contributed by atoms with E-state index < -0.39 is 0 Å². The smallest absolute Gasteiger partial charge is 0.119 e. The molecule has 0 aromatic heterocycles. The molecule has 1 aliphatic rings. The summed E-state index contributed by atoms with van der Waals surface area (Å²) in [4.78, 5) is 2.48. The van der Waals surface area contributed by atoms with E-state index in [2.05, 4.69) is 17.3 Å². The van der Waals surface area contributed by atoms with Gasteiger partial charge in [-0.15, -0.1) is 0 Å². The topological polar surface area (TPSA) is 24.5 Å². The number of likely N-dealkylation sites (tertiary alicyclic amines) is 1. The molecule has 1 aromatic carbocycles. The van der Waals surface area contributed by atoms with Crippen molar-refractivity contribution in [3.8, 4) is 5.75 Å². The second kappa shape index (κ2) is 8.18. The van der Waals surface area contributed by atoms with Crippen LogP contribution in [0, 0.1) is 0 Å². The van der Waals surface area contributed by atoms with E-state index >= 15 is 0 Å². The average Bonchev–Trinajstić information content (AvgIpc) is 2.45. The third-order valence-electron chi connectivity index (χ3n) is 3.81. The van der Waals surface area contributed by atoms with Crippen molar-refractivity contribution in [1.29, 1.82) is 0 Å². The number of hydrogen-bond donors (Lipinski definition) is 1.